The standard InChI is InChI=1S/C21H12F3N3O2S2/c22-21(23,24)11-9-12(13-7-4-8-30-13)26-18-14(11)16(25)15-17(31-18)20(29)27(19(15)28)10-5-2-1-3-6-10/h1-9,17H,25H2/t17-/m0/s1. The Labute approximate surface area is 182 Å². The van der Waals surface area contributed by atoms with Crippen molar-refractivity contribution in [2.75, 3.05) is 4.90 Å². The van der Waals surface area contributed by atoms with Crippen molar-refractivity contribution in [2.45, 2.75) is 16.5 Å². The molecule has 1 saturated heterocycles. The van der Waals surface area contributed by atoms with Gasteiger partial charge in [-0.1, -0.05) is 36.0 Å². The van der Waals surface area contributed by atoms with E-state index in [1.54, 1.807) is 47.8 Å². The van der Waals surface area contributed by atoms with Crippen LogP contribution in [-0.2, 0) is 15.8 Å². The quantitative estimate of drug-likeness (QED) is 0.569. The Balaban J connectivity index is 1.71. The fourth-order valence-corrected chi connectivity index (χ4v) is 5.60. The van der Waals surface area contributed by atoms with E-state index in [0.717, 1.165) is 22.7 Å². The van der Waals surface area contributed by atoms with Crippen LogP contribution in [0.2, 0.25) is 0 Å². The number of benzene rings is 1. The zero-order valence-corrected chi connectivity index (χ0v) is 17.1. The third-order valence-electron chi connectivity index (χ3n) is 5.01. The first-order chi connectivity index (χ1) is 14.8. The van der Waals surface area contributed by atoms with Gasteiger partial charge in [-0.2, -0.15) is 13.2 Å². The molecule has 0 saturated carbocycles. The summed E-state index contributed by atoms with van der Waals surface area (Å²) in [5.74, 6) is -1.27. The number of para-hydroxylation sites is 1. The maximum atomic E-state index is 14.0. The van der Waals surface area contributed by atoms with E-state index < -0.39 is 28.8 Å². The molecule has 4 heterocycles. The number of carbonyl (C=O) groups excluding carboxylic acids is 2. The van der Waals surface area contributed by atoms with Crippen LogP contribution in [0.3, 0.4) is 0 Å². The summed E-state index contributed by atoms with van der Waals surface area (Å²) in [5, 5.41) is 0.674. The first kappa shape index (κ1) is 19.8. The van der Waals surface area contributed by atoms with Gasteiger partial charge < -0.3 is 5.73 Å². The molecule has 10 heteroatoms. The number of nitrogens with two attached hydrogens (primary N) is 1. The number of imide groups is 1. The molecule has 5 rings (SSSR count). The second-order valence-corrected chi connectivity index (χ2v) is 8.89. The number of pyridine rings is 1. The number of thioether (sulfide) groups is 1. The highest BCUT2D eigenvalue weighted by Gasteiger charge is 2.51. The normalized spacial score (nSPS) is 18.4. The van der Waals surface area contributed by atoms with E-state index in [2.05, 4.69) is 4.98 Å². The first-order valence-corrected chi connectivity index (χ1v) is 10.8. The Morgan fingerprint density at radius 2 is 1.81 bits per heavy atom. The lowest BCUT2D eigenvalue weighted by molar-refractivity contribution is -0.138. The molecule has 0 radical (unpaired) electrons. The topological polar surface area (TPSA) is 76.3 Å². The fourth-order valence-electron chi connectivity index (χ4n) is 3.65. The summed E-state index contributed by atoms with van der Waals surface area (Å²) >= 11 is 2.08. The van der Waals surface area contributed by atoms with Crippen molar-refractivity contribution >= 4 is 46.3 Å². The maximum Gasteiger partial charge on any atom is 0.417 e. The maximum absolute atomic E-state index is 14.0. The van der Waals surface area contributed by atoms with Crippen LogP contribution < -0.4 is 10.6 Å². The second kappa shape index (κ2) is 6.96. The Bertz CT molecular complexity index is 1250. The number of alkyl halides is 3. The van der Waals surface area contributed by atoms with E-state index in [1.165, 1.54) is 11.3 Å². The SMILES string of the molecule is NC1=C2C(=O)N(c3ccccc3)C(=O)[C@H]2Sc2nc(-c3cccs3)cc(C(F)(F)F)c21. The summed E-state index contributed by atoms with van der Waals surface area (Å²) in [7, 11) is 0. The van der Waals surface area contributed by atoms with Gasteiger partial charge in [0.1, 0.15) is 10.3 Å². The van der Waals surface area contributed by atoms with Crippen molar-refractivity contribution in [3.8, 4) is 10.6 Å². The lowest BCUT2D eigenvalue weighted by Crippen LogP contribution is -2.31. The molecule has 0 bridgehead atoms. The van der Waals surface area contributed by atoms with Crippen LogP contribution in [0.25, 0.3) is 16.3 Å². The predicted octanol–water partition coefficient (Wildman–Crippen LogP) is 4.55. The van der Waals surface area contributed by atoms with Crippen molar-refractivity contribution in [1.82, 2.24) is 4.98 Å². The number of hydrogen-bond donors (Lipinski definition) is 1. The molecule has 31 heavy (non-hydrogen) atoms. The van der Waals surface area contributed by atoms with E-state index in [-0.39, 0.29) is 27.6 Å². The number of hydrogen-bond acceptors (Lipinski definition) is 6. The van der Waals surface area contributed by atoms with Crippen LogP contribution in [0.4, 0.5) is 18.9 Å². The summed E-state index contributed by atoms with van der Waals surface area (Å²) in [6.45, 7) is 0. The van der Waals surface area contributed by atoms with Crippen LogP contribution in [0, 0.1) is 0 Å². The highest BCUT2D eigenvalue weighted by Crippen LogP contribution is 2.49. The van der Waals surface area contributed by atoms with E-state index >= 15 is 0 Å². The molecule has 2 N–H and O–H groups in total. The first-order valence-electron chi connectivity index (χ1n) is 9.03. The van der Waals surface area contributed by atoms with Crippen molar-refractivity contribution in [2.24, 2.45) is 5.73 Å². The monoisotopic (exact) mass is 459 g/mol. The lowest BCUT2D eigenvalue weighted by atomic mass is 10.00. The van der Waals surface area contributed by atoms with Gasteiger partial charge in [-0.15, -0.1) is 11.3 Å². The number of aromatic nitrogens is 1. The minimum Gasteiger partial charge on any atom is -0.398 e. The molecule has 0 spiro atoms. The van der Waals surface area contributed by atoms with Gasteiger partial charge in [0.05, 0.1) is 33.1 Å². The molecule has 2 aliphatic rings. The average molecular weight is 459 g/mol. The van der Waals surface area contributed by atoms with Crippen LogP contribution in [0.1, 0.15) is 11.1 Å². The Hall–Kier alpha value is -3.11. The lowest BCUT2D eigenvalue weighted by Gasteiger charge is -2.24. The smallest absolute Gasteiger partial charge is 0.398 e. The molecule has 0 aliphatic carbocycles. The molecule has 0 unspecified atom stereocenters. The van der Waals surface area contributed by atoms with Gasteiger partial charge in [0, 0.05) is 5.56 Å². The van der Waals surface area contributed by atoms with Gasteiger partial charge in [-0.3, -0.25) is 9.59 Å². The number of thiophene rings is 1. The number of fused-ring (bicyclic) bond motifs is 2. The molecular formula is C21H12F3N3O2S2. The van der Waals surface area contributed by atoms with E-state index in [4.69, 9.17) is 5.73 Å². The van der Waals surface area contributed by atoms with Crippen LogP contribution in [0.5, 0.6) is 0 Å². The Kier molecular flexibility index (Phi) is 4.45. The highest BCUT2D eigenvalue weighted by molar-refractivity contribution is 8.01. The van der Waals surface area contributed by atoms with Crippen molar-refractivity contribution in [3.05, 3.63) is 70.6 Å². The number of nitrogens with zero attached hydrogens (tertiary/aromatic N) is 2. The third kappa shape index (κ3) is 3.05. The summed E-state index contributed by atoms with van der Waals surface area (Å²) in [6, 6.07) is 12.5. The number of amides is 2. The molecule has 1 fully saturated rings. The molecule has 1 atom stereocenters. The van der Waals surface area contributed by atoms with Gasteiger partial charge >= 0.3 is 6.18 Å². The largest absolute Gasteiger partial charge is 0.417 e. The molecule has 156 valence electrons. The predicted molar refractivity (Wildman–Crippen MR) is 112 cm³/mol. The summed E-state index contributed by atoms with van der Waals surface area (Å²) in [5.41, 5.74) is 4.78. The minimum atomic E-state index is -4.72. The molecule has 3 aromatic rings. The summed E-state index contributed by atoms with van der Waals surface area (Å²) in [6.07, 6.45) is -4.72. The molecule has 2 aliphatic heterocycles. The number of anilines is 1. The highest BCUT2D eigenvalue weighted by atomic mass is 32.2. The zero-order valence-electron chi connectivity index (χ0n) is 15.5. The van der Waals surface area contributed by atoms with E-state index in [0.29, 0.717) is 10.6 Å². The van der Waals surface area contributed by atoms with Crippen LogP contribution in [0.15, 0.2) is 64.5 Å². The molecule has 2 amide bonds. The number of carbonyl (C=O) groups is 2. The minimum absolute atomic E-state index is 0.0134. The molecular weight excluding hydrogens is 447 g/mol. The zero-order chi connectivity index (χ0) is 21.9. The average Bonchev–Trinajstić information content (AvgIpc) is 3.35. The number of rotatable bonds is 2. The Morgan fingerprint density at radius 3 is 2.45 bits per heavy atom. The van der Waals surface area contributed by atoms with Crippen molar-refractivity contribution in [1.29, 1.82) is 0 Å². The number of halogens is 3. The summed E-state index contributed by atoms with van der Waals surface area (Å²) < 4.78 is 41.9. The van der Waals surface area contributed by atoms with Crippen molar-refractivity contribution < 1.29 is 22.8 Å². The van der Waals surface area contributed by atoms with Crippen LogP contribution in [-0.4, -0.2) is 22.0 Å². The van der Waals surface area contributed by atoms with Crippen LogP contribution >= 0.6 is 23.1 Å². The molecule has 1 aromatic carbocycles. The summed E-state index contributed by atoms with van der Waals surface area (Å²) in [4.78, 5) is 32.0. The molecule has 5 nitrogen and oxygen atoms in total. The van der Waals surface area contributed by atoms with Gasteiger partial charge in [-0.25, -0.2) is 9.88 Å². The third-order valence-corrected chi connectivity index (χ3v) is 7.09. The second-order valence-electron chi connectivity index (χ2n) is 6.85. The van der Waals surface area contributed by atoms with Gasteiger partial charge in [-0.05, 0) is 29.6 Å². The fraction of sp³-hybridized carbons (Fsp3) is 0.0952. The van der Waals surface area contributed by atoms with E-state index in [1.807, 2.05) is 0 Å². The Morgan fingerprint density at radius 1 is 1.06 bits per heavy atom. The van der Waals surface area contributed by atoms with E-state index in [9.17, 15) is 22.8 Å². The van der Waals surface area contributed by atoms with Crippen molar-refractivity contribution in [3.63, 3.8) is 0 Å². The molecule has 2 aromatic heterocycles. The van der Waals surface area contributed by atoms with Gasteiger partial charge in [0.2, 0.25) is 0 Å². The van der Waals surface area contributed by atoms with Gasteiger partial charge in [0.25, 0.3) is 11.8 Å². The van der Waals surface area contributed by atoms with Gasteiger partial charge in [0.15, 0.2) is 0 Å².